The number of hydrogen-bond acceptors (Lipinski definition) is 2. The molecule has 4 aliphatic rings. The molecule has 4 aliphatic carbocycles. The maximum absolute atomic E-state index is 10.8. The number of aliphatic hydroxyl groups is 1. The molecular weight excluding hydrogens is 356 g/mol. The molecule has 0 amide bonds. The Kier molecular flexibility index (Phi) is 4.62. The first kappa shape index (κ1) is 19.6. The van der Waals surface area contributed by atoms with Crippen molar-refractivity contribution in [2.24, 2.45) is 40.9 Å². The summed E-state index contributed by atoms with van der Waals surface area (Å²) in [6.07, 6.45) is 15.2. The molecule has 1 aromatic rings. The van der Waals surface area contributed by atoms with Crippen molar-refractivity contribution in [3.05, 3.63) is 42.3 Å². The van der Waals surface area contributed by atoms with Crippen LogP contribution in [0.25, 0.3) is 0 Å². The lowest BCUT2D eigenvalue weighted by Gasteiger charge is -2.55. The maximum Gasteiger partial charge on any atom is 0.0682 e. The molecule has 3 nitrogen and oxygen atoms in total. The number of rotatable bonds is 3. The molecule has 1 aromatic heterocycles. The highest BCUT2D eigenvalue weighted by Gasteiger charge is 2.57. The summed E-state index contributed by atoms with van der Waals surface area (Å²) in [5.74, 6) is 4.26. The van der Waals surface area contributed by atoms with Gasteiger partial charge in [0.1, 0.15) is 0 Å². The molecule has 0 bridgehead atoms. The minimum atomic E-state index is -0.513. The fourth-order valence-electron chi connectivity index (χ4n) is 8.00. The Hall–Kier alpha value is -1.35. The first-order chi connectivity index (χ1) is 13.8. The molecule has 1 heterocycles. The molecule has 3 fully saturated rings. The number of aromatic nitrogens is 2. The number of nitrogens with zero attached hydrogens (tertiary/aromatic N) is 2. The van der Waals surface area contributed by atoms with Gasteiger partial charge in [0, 0.05) is 12.4 Å². The van der Waals surface area contributed by atoms with Gasteiger partial charge < -0.3 is 5.11 Å². The second kappa shape index (κ2) is 6.83. The Bertz CT molecular complexity index is 807. The van der Waals surface area contributed by atoms with E-state index in [0.717, 1.165) is 36.6 Å². The zero-order valence-corrected chi connectivity index (χ0v) is 18.5. The van der Waals surface area contributed by atoms with Gasteiger partial charge >= 0.3 is 0 Å². The smallest absolute Gasteiger partial charge is 0.0682 e. The largest absolute Gasteiger partial charge is 0.390 e. The van der Waals surface area contributed by atoms with Crippen LogP contribution in [0.15, 0.2) is 42.3 Å². The quantitative estimate of drug-likeness (QED) is 0.675. The van der Waals surface area contributed by atoms with E-state index >= 15 is 0 Å². The predicted molar refractivity (Wildman–Crippen MR) is 117 cm³/mol. The zero-order chi connectivity index (χ0) is 20.4. The highest BCUT2D eigenvalue weighted by atomic mass is 16.3. The molecule has 29 heavy (non-hydrogen) atoms. The van der Waals surface area contributed by atoms with Gasteiger partial charge in [-0.15, -0.1) is 0 Å². The minimum Gasteiger partial charge on any atom is -0.390 e. The monoisotopic (exact) mass is 394 g/mol. The molecule has 1 N–H and O–H groups in total. The minimum absolute atomic E-state index is 0.405. The number of hydrogen-bond donors (Lipinski definition) is 1. The average molecular weight is 395 g/mol. The summed E-state index contributed by atoms with van der Waals surface area (Å²) < 4.78 is 2.04. The summed E-state index contributed by atoms with van der Waals surface area (Å²) in [5, 5.41) is 15.2. The highest BCUT2D eigenvalue weighted by Crippen LogP contribution is 2.65. The molecule has 0 radical (unpaired) electrons. The Morgan fingerprint density at radius 3 is 2.86 bits per heavy atom. The van der Waals surface area contributed by atoms with Crippen molar-refractivity contribution in [1.29, 1.82) is 0 Å². The molecule has 0 unspecified atom stereocenters. The fraction of sp³-hybridized carbons (Fsp3) is 0.731. The lowest BCUT2D eigenvalue weighted by Crippen LogP contribution is -2.49. The van der Waals surface area contributed by atoms with E-state index in [9.17, 15) is 5.11 Å². The van der Waals surface area contributed by atoms with Crippen LogP contribution in [-0.4, -0.2) is 20.5 Å². The van der Waals surface area contributed by atoms with Gasteiger partial charge in [-0.25, -0.2) is 0 Å². The molecule has 0 saturated heterocycles. The van der Waals surface area contributed by atoms with Gasteiger partial charge in [0.25, 0.3) is 0 Å². The topological polar surface area (TPSA) is 38.0 Å². The van der Waals surface area contributed by atoms with Crippen molar-refractivity contribution in [2.75, 3.05) is 0 Å². The Morgan fingerprint density at radius 2 is 2.10 bits per heavy atom. The second-order valence-corrected chi connectivity index (χ2v) is 11.3. The SMILES string of the molecule is C=C(Cn1cccn1)[C@H]1CC[C@H]2[C@@H]3CC=C4C[C@](C)(O)[C@H](C)C[C@@H]4[C@H]3CC[C@]12C. The van der Waals surface area contributed by atoms with Crippen molar-refractivity contribution in [3.8, 4) is 0 Å². The van der Waals surface area contributed by atoms with E-state index in [1.165, 1.54) is 44.1 Å². The molecule has 0 aromatic carbocycles. The summed E-state index contributed by atoms with van der Waals surface area (Å²) in [6, 6.07) is 2.01. The van der Waals surface area contributed by atoms with E-state index in [1.807, 2.05) is 23.9 Å². The molecule has 5 rings (SSSR count). The molecule has 3 heteroatoms. The van der Waals surface area contributed by atoms with Gasteiger partial charge in [-0.3, -0.25) is 4.68 Å². The lowest BCUT2D eigenvalue weighted by molar-refractivity contribution is -0.0549. The summed E-state index contributed by atoms with van der Waals surface area (Å²) in [6.45, 7) is 12.3. The van der Waals surface area contributed by atoms with E-state index in [1.54, 1.807) is 5.57 Å². The van der Waals surface area contributed by atoms with E-state index in [0.29, 0.717) is 17.3 Å². The maximum atomic E-state index is 10.8. The van der Waals surface area contributed by atoms with Crippen LogP contribution in [0, 0.1) is 40.9 Å². The van der Waals surface area contributed by atoms with Crippen LogP contribution < -0.4 is 0 Å². The van der Waals surface area contributed by atoms with E-state index < -0.39 is 5.60 Å². The van der Waals surface area contributed by atoms with E-state index in [4.69, 9.17) is 0 Å². The molecule has 3 saturated carbocycles. The van der Waals surface area contributed by atoms with Gasteiger partial charge in [0.2, 0.25) is 0 Å². The van der Waals surface area contributed by atoms with Crippen molar-refractivity contribution in [1.82, 2.24) is 9.78 Å². The lowest BCUT2D eigenvalue weighted by atomic mass is 9.50. The molecule has 158 valence electrons. The normalized spacial score (nSPS) is 46.4. The van der Waals surface area contributed by atoms with Gasteiger partial charge in [0.05, 0.1) is 12.1 Å². The van der Waals surface area contributed by atoms with Crippen LogP contribution >= 0.6 is 0 Å². The Labute approximate surface area is 176 Å². The fourth-order valence-corrected chi connectivity index (χ4v) is 8.00. The second-order valence-electron chi connectivity index (χ2n) is 11.3. The zero-order valence-electron chi connectivity index (χ0n) is 18.5. The Balaban J connectivity index is 1.36. The van der Waals surface area contributed by atoms with Crippen molar-refractivity contribution in [2.45, 2.75) is 77.9 Å². The van der Waals surface area contributed by atoms with Crippen molar-refractivity contribution in [3.63, 3.8) is 0 Å². The van der Waals surface area contributed by atoms with Crippen LogP contribution in [0.3, 0.4) is 0 Å². The average Bonchev–Trinajstić information content (AvgIpc) is 3.29. The third kappa shape index (κ3) is 3.07. The molecule has 8 atom stereocenters. The van der Waals surface area contributed by atoms with E-state index in [-0.39, 0.29) is 0 Å². The first-order valence-electron chi connectivity index (χ1n) is 11.9. The Morgan fingerprint density at radius 1 is 1.28 bits per heavy atom. The van der Waals surface area contributed by atoms with E-state index in [2.05, 4.69) is 37.8 Å². The molecule has 0 aliphatic heterocycles. The molecular formula is C26H38N2O. The standard InChI is InChI=1S/C26H38N2O/c1-17(16-28-13-5-12-27-28)23-8-9-24-21-7-6-19-15-26(4,29)18(2)14-22(19)20(21)10-11-25(23,24)3/h5-6,12-13,18,20-24,29H,1,7-11,14-16H2,2-4H3/t18-,20+,21-,22+,23-,24+,25-,26+/m1/s1. The van der Waals surface area contributed by atoms with Crippen LogP contribution in [0.1, 0.15) is 65.7 Å². The summed E-state index contributed by atoms with van der Waals surface area (Å²) in [7, 11) is 0. The van der Waals surface area contributed by atoms with Crippen molar-refractivity contribution < 1.29 is 5.11 Å². The third-order valence-corrected chi connectivity index (χ3v) is 9.79. The van der Waals surface area contributed by atoms with Gasteiger partial charge in [0.15, 0.2) is 0 Å². The third-order valence-electron chi connectivity index (χ3n) is 9.79. The van der Waals surface area contributed by atoms with Crippen molar-refractivity contribution >= 4 is 0 Å². The summed E-state index contributed by atoms with van der Waals surface area (Å²) in [4.78, 5) is 0. The van der Waals surface area contributed by atoms with Crippen LogP contribution in [0.2, 0.25) is 0 Å². The van der Waals surface area contributed by atoms with Gasteiger partial charge in [-0.05, 0) is 98.9 Å². The number of allylic oxidation sites excluding steroid dienone is 2. The van der Waals surface area contributed by atoms with Crippen LogP contribution in [0.4, 0.5) is 0 Å². The number of fused-ring (bicyclic) bond motifs is 5. The molecule has 0 spiro atoms. The van der Waals surface area contributed by atoms with Crippen LogP contribution in [0.5, 0.6) is 0 Å². The highest BCUT2D eigenvalue weighted by molar-refractivity contribution is 5.23. The summed E-state index contributed by atoms with van der Waals surface area (Å²) >= 11 is 0. The van der Waals surface area contributed by atoms with Gasteiger partial charge in [-0.1, -0.05) is 37.6 Å². The van der Waals surface area contributed by atoms with Crippen LogP contribution in [-0.2, 0) is 6.54 Å². The first-order valence-corrected chi connectivity index (χ1v) is 11.9. The van der Waals surface area contributed by atoms with Gasteiger partial charge in [-0.2, -0.15) is 5.10 Å². The summed E-state index contributed by atoms with van der Waals surface area (Å²) in [5.41, 5.74) is 2.85. The predicted octanol–water partition coefficient (Wildman–Crippen LogP) is 5.63.